The number of nitrogens with one attached hydrogen (secondary N) is 3. The second-order valence-corrected chi connectivity index (χ2v) is 2.85. The lowest BCUT2D eigenvalue weighted by Gasteiger charge is -2.01. The Balaban J connectivity index is 2.11. The highest BCUT2D eigenvalue weighted by molar-refractivity contribution is 5.75. The van der Waals surface area contributed by atoms with Crippen molar-refractivity contribution in [2.45, 2.75) is 19.3 Å². The molecule has 1 aromatic heterocycles. The Morgan fingerprint density at radius 3 is 3.08 bits per heavy atom. The van der Waals surface area contributed by atoms with E-state index in [1.807, 2.05) is 18.3 Å². The molecule has 0 bridgehead atoms. The van der Waals surface area contributed by atoms with Crippen LogP contribution in [0.5, 0.6) is 0 Å². The maximum Gasteiger partial charge on any atom is 0.234 e. The number of H-pyrrole nitrogens is 1. The summed E-state index contributed by atoms with van der Waals surface area (Å²) < 4.78 is 0. The highest BCUT2D eigenvalue weighted by Gasteiger charge is 1.99. The molecule has 0 aliphatic heterocycles. The van der Waals surface area contributed by atoms with Gasteiger partial charge in [-0.3, -0.25) is 10.2 Å². The Hall–Kier alpha value is -1.29. The number of aryl methyl sites for hydroxylation is 1. The second kappa shape index (κ2) is 5.37. The van der Waals surface area contributed by atoms with Crippen LogP contribution in [0.15, 0.2) is 18.3 Å². The standard InChI is InChI=1S/C9H15N3O/c1-10-12-9(13)6-2-4-8-5-3-7-11-8/h3,5,7,10-11H,2,4,6H2,1H3,(H,12,13). The number of hydrogen-bond acceptors (Lipinski definition) is 2. The lowest BCUT2D eigenvalue weighted by molar-refractivity contribution is -0.122. The molecule has 0 aliphatic rings. The van der Waals surface area contributed by atoms with Crippen LogP contribution in [0.1, 0.15) is 18.5 Å². The number of rotatable bonds is 5. The van der Waals surface area contributed by atoms with Gasteiger partial charge < -0.3 is 4.98 Å². The molecule has 0 radical (unpaired) electrons. The summed E-state index contributed by atoms with van der Waals surface area (Å²) in [6.07, 6.45) is 4.24. The van der Waals surface area contributed by atoms with Gasteiger partial charge in [-0.15, -0.1) is 0 Å². The van der Waals surface area contributed by atoms with E-state index < -0.39 is 0 Å². The lowest BCUT2D eigenvalue weighted by Crippen LogP contribution is -2.33. The van der Waals surface area contributed by atoms with Gasteiger partial charge in [-0.1, -0.05) is 0 Å². The largest absolute Gasteiger partial charge is 0.365 e. The van der Waals surface area contributed by atoms with Crippen LogP contribution in [-0.2, 0) is 11.2 Å². The molecule has 0 saturated heterocycles. The number of aromatic nitrogens is 1. The summed E-state index contributed by atoms with van der Waals surface area (Å²) in [5.41, 5.74) is 6.31. The average molecular weight is 181 g/mol. The summed E-state index contributed by atoms with van der Waals surface area (Å²) in [5.74, 6) is 0.0362. The molecule has 13 heavy (non-hydrogen) atoms. The maximum absolute atomic E-state index is 11.0. The Kier molecular flexibility index (Phi) is 4.05. The first-order valence-corrected chi connectivity index (χ1v) is 4.41. The number of amides is 1. The van der Waals surface area contributed by atoms with E-state index in [2.05, 4.69) is 15.8 Å². The van der Waals surface area contributed by atoms with E-state index in [1.165, 1.54) is 5.69 Å². The van der Waals surface area contributed by atoms with E-state index in [9.17, 15) is 4.79 Å². The van der Waals surface area contributed by atoms with Crippen molar-refractivity contribution in [2.24, 2.45) is 0 Å². The predicted molar refractivity (Wildman–Crippen MR) is 50.9 cm³/mol. The van der Waals surface area contributed by atoms with Crippen LogP contribution in [0, 0.1) is 0 Å². The van der Waals surface area contributed by atoms with Gasteiger partial charge in [-0.05, 0) is 25.0 Å². The summed E-state index contributed by atoms with van der Waals surface area (Å²) in [5, 5.41) is 0. The van der Waals surface area contributed by atoms with Gasteiger partial charge in [0.25, 0.3) is 0 Å². The van der Waals surface area contributed by atoms with Crippen molar-refractivity contribution in [1.29, 1.82) is 0 Å². The van der Waals surface area contributed by atoms with E-state index >= 15 is 0 Å². The fourth-order valence-corrected chi connectivity index (χ4v) is 1.16. The van der Waals surface area contributed by atoms with Gasteiger partial charge in [-0.2, -0.15) is 0 Å². The van der Waals surface area contributed by atoms with Crippen molar-refractivity contribution in [1.82, 2.24) is 15.8 Å². The summed E-state index contributed by atoms with van der Waals surface area (Å²) >= 11 is 0. The van der Waals surface area contributed by atoms with Gasteiger partial charge in [0.15, 0.2) is 0 Å². The topological polar surface area (TPSA) is 56.9 Å². The third kappa shape index (κ3) is 3.75. The highest BCUT2D eigenvalue weighted by Crippen LogP contribution is 2.01. The van der Waals surface area contributed by atoms with Crippen molar-refractivity contribution in [3.8, 4) is 0 Å². The molecule has 0 saturated carbocycles. The fourth-order valence-electron chi connectivity index (χ4n) is 1.16. The zero-order valence-corrected chi connectivity index (χ0v) is 7.76. The van der Waals surface area contributed by atoms with E-state index in [0.29, 0.717) is 6.42 Å². The third-order valence-electron chi connectivity index (χ3n) is 1.78. The summed E-state index contributed by atoms with van der Waals surface area (Å²) in [4.78, 5) is 14.1. The normalized spacial score (nSPS) is 9.92. The molecule has 0 fully saturated rings. The van der Waals surface area contributed by atoms with Gasteiger partial charge in [0.05, 0.1) is 0 Å². The van der Waals surface area contributed by atoms with E-state index in [4.69, 9.17) is 0 Å². The molecular weight excluding hydrogens is 166 g/mol. The molecule has 1 aromatic rings. The summed E-state index contributed by atoms with van der Waals surface area (Å²) in [6, 6.07) is 3.99. The smallest absolute Gasteiger partial charge is 0.234 e. The fraction of sp³-hybridized carbons (Fsp3) is 0.444. The Morgan fingerprint density at radius 2 is 2.46 bits per heavy atom. The lowest BCUT2D eigenvalue weighted by atomic mass is 10.2. The van der Waals surface area contributed by atoms with Gasteiger partial charge in [0.2, 0.25) is 5.91 Å². The number of aromatic amines is 1. The van der Waals surface area contributed by atoms with E-state index in [0.717, 1.165) is 12.8 Å². The monoisotopic (exact) mass is 181 g/mol. The number of hydrogen-bond donors (Lipinski definition) is 3. The van der Waals surface area contributed by atoms with Crippen molar-refractivity contribution >= 4 is 5.91 Å². The van der Waals surface area contributed by atoms with Crippen LogP contribution in [0.4, 0.5) is 0 Å². The molecule has 1 amide bonds. The van der Waals surface area contributed by atoms with Crippen molar-refractivity contribution in [3.63, 3.8) is 0 Å². The number of hydrazine groups is 1. The minimum atomic E-state index is 0.0362. The Morgan fingerprint density at radius 1 is 1.62 bits per heavy atom. The quantitative estimate of drug-likeness (QED) is 0.582. The van der Waals surface area contributed by atoms with Crippen LogP contribution in [0.3, 0.4) is 0 Å². The molecule has 0 unspecified atom stereocenters. The number of carbonyl (C=O) groups excluding carboxylic acids is 1. The van der Waals surface area contributed by atoms with E-state index in [1.54, 1.807) is 7.05 Å². The molecule has 0 aliphatic carbocycles. The first kappa shape index (κ1) is 9.80. The molecule has 1 heterocycles. The van der Waals surface area contributed by atoms with Crippen LogP contribution in [-0.4, -0.2) is 17.9 Å². The average Bonchev–Trinajstić information content (AvgIpc) is 2.57. The predicted octanol–water partition coefficient (Wildman–Crippen LogP) is 0.588. The minimum Gasteiger partial charge on any atom is -0.365 e. The molecule has 3 N–H and O–H groups in total. The highest BCUT2D eigenvalue weighted by atomic mass is 16.2. The van der Waals surface area contributed by atoms with Crippen molar-refractivity contribution in [3.05, 3.63) is 24.0 Å². The van der Waals surface area contributed by atoms with Gasteiger partial charge >= 0.3 is 0 Å². The van der Waals surface area contributed by atoms with Gasteiger partial charge in [0, 0.05) is 25.4 Å². The Labute approximate surface area is 77.7 Å². The SMILES string of the molecule is CNNC(=O)CCCc1ccc[nH]1. The number of carbonyl (C=O) groups is 1. The third-order valence-corrected chi connectivity index (χ3v) is 1.78. The maximum atomic E-state index is 11.0. The molecule has 72 valence electrons. The van der Waals surface area contributed by atoms with Crippen LogP contribution in [0.2, 0.25) is 0 Å². The van der Waals surface area contributed by atoms with Gasteiger partial charge in [-0.25, -0.2) is 5.43 Å². The van der Waals surface area contributed by atoms with Crippen LogP contribution < -0.4 is 10.9 Å². The molecule has 4 heteroatoms. The molecule has 1 rings (SSSR count). The van der Waals surface area contributed by atoms with Crippen LogP contribution >= 0.6 is 0 Å². The summed E-state index contributed by atoms with van der Waals surface area (Å²) in [6.45, 7) is 0. The van der Waals surface area contributed by atoms with Crippen molar-refractivity contribution in [2.75, 3.05) is 7.05 Å². The zero-order chi connectivity index (χ0) is 9.52. The minimum absolute atomic E-state index is 0.0362. The Bertz CT molecular complexity index is 243. The molecule has 0 spiro atoms. The summed E-state index contributed by atoms with van der Waals surface area (Å²) in [7, 11) is 1.68. The molecular formula is C9H15N3O. The first-order valence-electron chi connectivity index (χ1n) is 4.41. The molecule has 4 nitrogen and oxygen atoms in total. The molecule has 0 atom stereocenters. The van der Waals surface area contributed by atoms with Gasteiger partial charge in [0.1, 0.15) is 0 Å². The van der Waals surface area contributed by atoms with E-state index in [-0.39, 0.29) is 5.91 Å². The van der Waals surface area contributed by atoms with Crippen LogP contribution in [0.25, 0.3) is 0 Å². The second-order valence-electron chi connectivity index (χ2n) is 2.85. The molecule has 0 aromatic carbocycles. The zero-order valence-electron chi connectivity index (χ0n) is 7.76. The van der Waals surface area contributed by atoms with Crippen molar-refractivity contribution < 1.29 is 4.79 Å². The first-order chi connectivity index (χ1) is 6.33.